The van der Waals surface area contributed by atoms with E-state index in [1.54, 1.807) is 18.2 Å². The van der Waals surface area contributed by atoms with Gasteiger partial charge in [0.05, 0.1) is 23.1 Å². The number of aliphatic hydroxyl groups excluding tert-OH is 1. The molecule has 0 spiro atoms. The molecule has 0 atom stereocenters. The second-order valence-electron chi connectivity index (χ2n) is 6.42. The molecular formula is C20H17ClO4. The first-order valence-corrected chi connectivity index (χ1v) is 8.61. The Morgan fingerprint density at radius 3 is 2.64 bits per heavy atom. The summed E-state index contributed by atoms with van der Waals surface area (Å²) < 4.78 is 11.6. The summed E-state index contributed by atoms with van der Waals surface area (Å²) in [4.78, 5) is 12.3. The molecule has 1 fully saturated rings. The Labute approximate surface area is 149 Å². The number of hydrogen-bond donors (Lipinski definition) is 1. The van der Waals surface area contributed by atoms with E-state index in [1.807, 2.05) is 24.3 Å². The van der Waals surface area contributed by atoms with Crippen molar-refractivity contribution in [1.82, 2.24) is 0 Å². The molecule has 1 aliphatic rings. The maximum absolute atomic E-state index is 12.3. The van der Waals surface area contributed by atoms with Crippen molar-refractivity contribution < 1.29 is 14.3 Å². The highest BCUT2D eigenvalue weighted by molar-refractivity contribution is 6.34. The predicted molar refractivity (Wildman–Crippen MR) is 97.2 cm³/mol. The number of benzene rings is 2. The zero-order chi connectivity index (χ0) is 17.4. The SMILES string of the molecule is O=c1cc(-c2ccc(OCC3CC(O)C3)cc2)oc2c(Cl)cccc12. The summed E-state index contributed by atoms with van der Waals surface area (Å²) in [7, 11) is 0. The molecule has 2 aromatic carbocycles. The Morgan fingerprint density at radius 1 is 1.16 bits per heavy atom. The lowest BCUT2D eigenvalue weighted by molar-refractivity contribution is 0.0203. The van der Waals surface area contributed by atoms with Crippen molar-refractivity contribution in [2.75, 3.05) is 6.61 Å². The maximum atomic E-state index is 12.3. The lowest BCUT2D eigenvalue weighted by atomic mass is 9.83. The fourth-order valence-electron chi connectivity index (χ4n) is 3.05. The standard InChI is InChI=1S/C20H17ClO4/c21-17-3-1-2-16-18(23)10-19(25-20(16)17)13-4-6-15(7-5-13)24-11-12-8-14(22)9-12/h1-7,10,12,14,22H,8-9,11H2. The molecule has 1 saturated carbocycles. The molecule has 3 aromatic rings. The molecule has 4 rings (SSSR count). The molecule has 0 amide bonds. The van der Waals surface area contributed by atoms with Crippen LogP contribution in [-0.2, 0) is 0 Å². The van der Waals surface area contributed by atoms with Crippen LogP contribution in [0.1, 0.15) is 12.8 Å². The quantitative estimate of drug-likeness (QED) is 0.758. The summed E-state index contributed by atoms with van der Waals surface area (Å²) in [6.45, 7) is 0.608. The van der Waals surface area contributed by atoms with Crippen LogP contribution in [0.5, 0.6) is 5.75 Å². The second kappa shape index (κ2) is 6.54. The normalized spacial score (nSPS) is 19.6. The Balaban J connectivity index is 1.56. The van der Waals surface area contributed by atoms with E-state index in [0.29, 0.717) is 34.3 Å². The van der Waals surface area contributed by atoms with E-state index in [-0.39, 0.29) is 11.5 Å². The molecule has 4 nitrogen and oxygen atoms in total. The molecule has 1 aromatic heterocycles. The van der Waals surface area contributed by atoms with Gasteiger partial charge in [0.25, 0.3) is 0 Å². The van der Waals surface area contributed by atoms with Crippen LogP contribution < -0.4 is 10.2 Å². The molecule has 1 N–H and O–H groups in total. The van der Waals surface area contributed by atoms with Crippen LogP contribution in [0.15, 0.2) is 57.7 Å². The van der Waals surface area contributed by atoms with Gasteiger partial charge in [-0.3, -0.25) is 4.79 Å². The van der Waals surface area contributed by atoms with Crippen LogP contribution in [0, 0.1) is 5.92 Å². The third-order valence-corrected chi connectivity index (χ3v) is 4.84. The molecule has 0 unspecified atom stereocenters. The van der Waals surface area contributed by atoms with Gasteiger partial charge in [0.2, 0.25) is 0 Å². The van der Waals surface area contributed by atoms with Gasteiger partial charge < -0.3 is 14.3 Å². The van der Waals surface area contributed by atoms with Crippen molar-refractivity contribution in [3.63, 3.8) is 0 Å². The van der Waals surface area contributed by atoms with Crippen molar-refractivity contribution in [3.8, 4) is 17.1 Å². The zero-order valence-electron chi connectivity index (χ0n) is 13.4. The highest BCUT2D eigenvalue weighted by Crippen LogP contribution is 2.30. The predicted octanol–water partition coefficient (Wildman–Crippen LogP) is 4.26. The Bertz CT molecular complexity index is 956. The van der Waals surface area contributed by atoms with Gasteiger partial charge in [-0.05, 0) is 55.2 Å². The molecule has 128 valence electrons. The molecule has 1 aliphatic carbocycles. The lowest BCUT2D eigenvalue weighted by Gasteiger charge is -2.30. The Morgan fingerprint density at radius 2 is 1.92 bits per heavy atom. The average Bonchev–Trinajstić information content (AvgIpc) is 2.59. The number of para-hydroxylation sites is 1. The van der Waals surface area contributed by atoms with E-state index in [4.69, 9.17) is 20.8 Å². The first-order valence-electron chi connectivity index (χ1n) is 8.24. The third-order valence-electron chi connectivity index (χ3n) is 4.54. The Kier molecular flexibility index (Phi) is 4.24. The van der Waals surface area contributed by atoms with Gasteiger partial charge in [0.1, 0.15) is 11.5 Å². The van der Waals surface area contributed by atoms with Gasteiger partial charge in [0.15, 0.2) is 11.0 Å². The molecule has 0 aliphatic heterocycles. The van der Waals surface area contributed by atoms with Crippen LogP contribution in [0.2, 0.25) is 5.02 Å². The Hall–Kier alpha value is -2.30. The number of rotatable bonds is 4. The van der Waals surface area contributed by atoms with Crippen LogP contribution in [0.3, 0.4) is 0 Å². The minimum Gasteiger partial charge on any atom is -0.493 e. The second-order valence-corrected chi connectivity index (χ2v) is 6.83. The fraction of sp³-hybridized carbons (Fsp3) is 0.250. The summed E-state index contributed by atoms with van der Waals surface area (Å²) in [5, 5.41) is 10.2. The van der Waals surface area contributed by atoms with E-state index in [0.717, 1.165) is 24.2 Å². The molecule has 0 radical (unpaired) electrons. The minimum atomic E-state index is -0.168. The number of ether oxygens (including phenoxy) is 1. The topological polar surface area (TPSA) is 59.7 Å². The third kappa shape index (κ3) is 3.28. The first kappa shape index (κ1) is 16.2. The molecule has 5 heteroatoms. The van der Waals surface area contributed by atoms with Crippen molar-refractivity contribution in [2.24, 2.45) is 5.92 Å². The van der Waals surface area contributed by atoms with Crippen LogP contribution in [0.25, 0.3) is 22.3 Å². The van der Waals surface area contributed by atoms with Gasteiger partial charge in [-0.25, -0.2) is 0 Å². The summed E-state index contributed by atoms with van der Waals surface area (Å²) in [6, 6.07) is 14.0. The van der Waals surface area contributed by atoms with Crippen molar-refractivity contribution in [2.45, 2.75) is 18.9 Å². The zero-order valence-corrected chi connectivity index (χ0v) is 14.2. The monoisotopic (exact) mass is 356 g/mol. The van der Waals surface area contributed by atoms with E-state index in [1.165, 1.54) is 6.07 Å². The van der Waals surface area contributed by atoms with E-state index < -0.39 is 0 Å². The highest BCUT2D eigenvalue weighted by Gasteiger charge is 2.27. The largest absolute Gasteiger partial charge is 0.493 e. The van der Waals surface area contributed by atoms with Gasteiger partial charge in [0, 0.05) is 11.6 Å². The van der Waals surface area contributed by atoms with Gasteiger partial charge in [-0.1, -0.05) is 17.7 Å². The van der Waals surface area contributed by atoms with E-state index >= 15 is 0 Å². The number of halogens is 1. The summed E-state index contributed by atoms with van der Waals surface area (Å²) >= 11 is 6.14. The van der Waals surface area contributed by atoms with Gasteiger partial charge in [-0.2, -0.15) is 0 Å². The maximum Gasteiger partial charge on any atom is 0.193 e. The summed E-state index contributed by atoms with van der Waals surface area (Å²) in [6.07, 6.45) is 1.45. The number of fused-ring (bicyclic) bond motifs is 1. The number of hydrogen-bond acceptors (Lipinski definition) is 4. The molecule has 0 saturated heterocycles. The molecule has 1 heterocycles. The first-order chi connectivity index (χ1) is 12.1. The van der Waals surface area contributed by atoms with E-state index in [9.17, 15) is 9.90 Å². The summed E-state index contributed by atoms with van der Waals surface area (Å²) in [5.74, 6) is 1.65. The van der Waals surface area contributed by atoms with Gasteiger partial charge >= 0.3 is 0 Å². The van der Waals surface area contributed by atoms with Crippen molar-refractivity contribution in [1.29, 1.82) is 0 Å². The van der Waals surface area contributed by atoms with Gasteiger partial charge in [-0.15, -0.1) is 0 Å². The molecule has 25 heavy (non-hydrogen) atoms. The highest BCUT2D eigenvalue weighted by atomic mass is 35.5. The fourth-order valence-corrected chi connectivity index (χ4v) is 3.26. The average molecular weight is 357 g/mol. The smallest absolute Gasteiger partial charge is 0.193 e. The molecule has 0 bridgehead atoms. The van der Waals surface area contributed by atoms with Crippen LogP contribution >= 0.6 is 11.6 Å². The van der Waals surface area contributed by atoms with Crippen molar-refractivity contribution >= 4 is 22.6 Å². The minimum absolute atomic E-state index is 0.123. The van der Waals surface area contributed by atoms with E-state index in [2.05, 4.69) is 0 Å². The van der Waals surface area contributed by atoms with Crippen LogP contribution in [-0.4, -0.2) is 17.8 Å². The van der Waals surface area contributed by atoms with Crippen LogP contribution in [0.4, 0.5) is 0 Å². The molecular weight excluding hydrogens is 340 g/mol. The van der Waals surface area contributed by atoms with Crippen molar-refractivity contribution in [3.05, 3.63) is 63.8 Å². The lowest BCUT2D eigenvalue weighted by Crippen LogP contribution is -2.32. The summed E-state index contributed by atoms with van der Waals surface area (Å²) in [5.41, 5.74) is 1.06. The number of aliphatic hydroxyl groups is 1.